The average Bonchev–Trinajstić information content (AvgIpc) is 2.95. The maximum absolute atomic E-state index is 13.0. The second-order valence-corrected chi connectivity index (χ2v) is 9.36. The smallest absolute Gasteiger partial charge is 0.371 e. The highest BCUT2D eigenvalue weighted by atomic mass is 16.7. The van der Waals surface area contributed by atoms with Crippen molar-refractivity contribution in [1.82, 2.24) is 5.32 Å². The molecule has 1 aliphatic rings. The molecule has 6 atom stereocenters. The molecular weight excluding hydrogens is 572 g/mol. The van der Waals surface area contributed by atoms with Crippen molar-refractivity contribution in [2.24, 2.45) is 5.73 Å². The summed E-state index contributed by atoms with van der Waals surface area (Å²) < 4.78 is 37.5. The second kappa shape index (κ2) is 16.3. The molecule has 0 saturated carbocycles. The zero-order valence-electron chi connectivity index (χ0n) is 24.4. The summed E-state index contributed by atoms with van der Waals surface area (Å²) in [4.78, 5) is 73.1. The number of nitrogens with one attached hydrogen (secondary N) is 1. The predicted octanol–water partition coefficient (Wildman–Crippen LogP) is -0.171. The SMILES string of the molecule is COC(=O)[C@]1(OCC(N)C(=O)OCc2ccccc2)C=C[C@@H](NC(C)=O)[C@H]([C@H](OC(C)=O)[C@@H](COC(C)=O)OC(C)=O)O1. The Morgan fingerprint density at radius 3 is 2.14 bits per heavy atom. The van der Waals surface area contributed by atoms with Crippen molar-refractivity contribution < 1.29 is 61.9 Å². The Balaban J connectivity index is 2.40. The lowest BCUT2D eigenvalue weighted by molar-refractivity contribution is -0.267. The van der Waals surface area contributed by atoms with E-state index < -0.39 is 85.2 Å². The molecule has 0 fully saturated rings. The Bertz CT molecular complexity index is 1190. The molecular formula is C28H36N2O13. The van der Waals surface area contributed by atoms with E-state index in [2.05, 4.69) is 5.32 Å². The molecule has 1 amide bonds. The van der Waals surface area contributed by atoms with Crippen molar-refractivity contribution >= 4 is 35.8 Å². The van der Waals surface area contributed by atoms with Gasteiger partial charge in [-0.15, -0.1) is 0 Å². The van der Waals surface area contributed by atoms with Gasteiger partial charge in [0, 0.05) is 27.7 Å². The summed E-state index contributed by atoms with van der Waals surface area (Å²) in [5.74, 6) is -7.29. The van der Waals surface area contributed by atoms with Gasteiger partial charge in [-0.1, -0.05) is 36.4 Å². The molecule has 236 valence electrons. The maximum atomic E-state index is 13.0. The Morgan fingerprint density at radius 2 is 1.58 bits per heavy atom. The van der Waals surface area contributed by atoms with Crippen LogP contribution in [0, 0.1) is 0 Å². The van der Waals surface area contributed by atoms with Crippen molar-refractivity contribution in [2.75, 3.05) is 20.3 Å². The summed E-state index contributed by atoms with van der Waals surface area (Å²) in [6.45, 7) is 3.19. The molecule has 0 aliphatic carbocycles. The third-order valence-corrected chi connectivity index (χ3v) is 5.79. The molecule has 1 unspecified atom stereocenters. The molecule has 0 aromatic heterocycles. The van der Waals surface area contributed by atoms with Crippen molar-refractivity contribution in [3.05, 3.63) is 48.0 Å². The summed E-state index contributed by atoms with van der Waals surface area (Å²) in [7, 11) is 1.04. The minimum absolute atomic E-state index is 0.0592. The van der Waals surface area contributed by atoms with Gasteiger partial charge in [0.25, 0.3) is 5.79 Å². The van der Waals surface area contributed by atoms with Crippen LogP contribution in [0.25, 0.3) is 0 Å². The van der Waals surface area contributed by atoms with Gasteiger partial charge < -0.3 is 44.2 Å². The molecule has 1 aromatic rings. The van der Waals surface area contributed by atoms with E-state index in [9.17, 15) is 28.8 Å². The van der Waals surface area contributed by atoms with Crippen LogP contribution >= 0.6 is 0 Å². The highest BCUT2D eigenvalue weighted by Gasteiger charge is 2.52. The molecule has 0 spiro atoms. The molecule has 43 heavy (non-hydrogen) atoms. The number of carbonyl (C=O) groups is 6. The average molecular weight is 609 g/mol. The first kappa shape index (κ1) is 34.9. The topological polar surface area (TPSA) is 205 Å². The van der Waals surface area contributed by atoms with Crippen LogP contribution in [0.2, 0.25) is 0 Å². The second-order valence-electron chi connectivity index (χ2n) is 9.36. The van der Waals surface area contributed by atoms with E-state index in [1.54, 1.807) is 30.3 Å². The molecule has 0 bridgehead atoms. The van der Waals surface area contributed by atoms with E-state index in [0.29, 0.717) is 5.56 Å². The van der Waals surface area contributed by atoms with Gasteiger partial charge in [-0.05, 0) is 11.6 Å². The molecule has 2 rings (SSSR count). The first-order valence-electron chi connectivity index (χ1n) is 13.1. The quantitative estimate of drug-likeness (QED) is 0.160. The molecule has 15 nitrogen and oxygen atoms in total. The zero-order chi connectivity index (χ0) is 32.2. The van der Waals surface area contributed by atoms with Crippen molar-refractivity contribution in [2.45, 2.75) is 70.5 Å². The van der Waals surface area contributed by atoms with Crippen molar-refractivity contribution in [3.63, 3.8) is 0 Å². The van der Waals surface area contributed by atoms with Gasteiger partial charge in [0.2, 0.25) is 5.91 Å². The summed E-state index contributed by atoms with van der Waals surface area (Å²) in [5, 5.41) is 2.57. The van der Waals surface area contributed by atoms with Gasteiger partial charge in [-0.3, -0.25) is 24.0 Å². The third-order valence-electron chi connectivity index (χ3n) is 5.79. The first-order valence-corrected chi connectivity index (χ1v) is 13.1. The molecule has 0 saturated heterocycles. The maximum Gasteiger partial charge on any atom is 0.371 e. The van der Waals surface area contributed by atoms with Crippen LogP contribution in [0.1, 0.15) is 33.3 Å². The number of nitrogens with two attached hydrogens (primary N) is 1. The van der Waals surface area contributed by atoms with Gasteiger partial charge in [0.15, 0.2) is 12.2 Å². The monoisotopic (exact) mass is 608 g/mol. The van der Waals surface area contributed by atoms with Gasteiger partial charge in [0.1, 0.15) is 25.4 Å². The molecule has 0 radical (unpaired) electrons. The lowest BCUT2D eigenvalue weighted by atomic mass is 9.95. The fourth-order valence-corrected chi connectivity index (χ4v) is 3.96. The van der Waals surface area contributed by atoms with Crippen LogP contribution in [0.4, 0.5) is 0 Å². The minimum atomic E-state index is -2.38. The van der Waals surface area contributed by atoms with E-state index >= 15 is 0 Å². The number of methoxy groups -OCH3 is 1. The highest BCUT2D eigenvalue weighted by Crippen LogP contribution is 2.31. The lowest BCUT2D eigenvalue weighted by Gasteiger charge is -2.42. The van der Waals surface area contributed by atoms with Crippen LogP contribution in [-0.2, 0) is 68.5 Å². The van der Waals surface area contributed by atoms with Crippen LogP contribution in [-0.4, -0.2) is 92.3 Å². The number of hydrogen-bond acceptors (Lipinski definition) is 14. The molecule has 1 heterocycles. The number of esters is 5. The fraction of sp³-hybridized carbons (Fsp3) is 0.500. The molecule has 3 N–H and O–H groups in total. The minimum Gasteiger partial charge on any atom is -0.465 e. The fourth-order valence-electron chi connectivity index (χ4n) is 3.96. The van der Waals surface area contributed by atoms with Crippen LogP contribution in [0.15, 0.2) is 42.5 Å². The number of benzene rings is 1. The Hall–Kier alpha value is -4.34. The number of carbonyl (C=O) groups excluding carboxylic acids is 6. The van der Waals surface area contributed by atoms with Gasteiger partial charge in [-0.25, -0.2) is 4.79 Å². The number of amides is 1. The van der Waals surface area contributed by atoms with Crippen LogP contribution < -0.4 is 11.1 Å². The third kappa shape index (κ3) is 10.8. The van der Waals surface area contributed by atoms with E-state index in [4.69, 9.17) is 38.9 Å². The zero-order valence-corrected chi connectivity index (χ0v) is 24.4. The van der Waals surface area contributed by atoms with E-state index in [1.807, 2.05) is 0 Å². The van der Waals surface area contributed by atoms with Crippen molar-refractivity contribution in [1.29, 1.82) is 0 Å². The summed E-state index contributed by atoms with van der Waals surface area (Å²) in [5.41, 5.74) is 6.68. The standard InChI is InChI=1S/C28H36N2O13/c1-16(31)30-22-11-12-28(27(36)37-5,40-14-21(29)26(35)39-13-20-9-7-6-8-10-20)43-24(22)25(42-19(4)34)23(41-18(3)33)15-38-17(2)32/h6-12,21-25H,13-15,29H2,1-5H3,(H,30,31)/t21?,22-,23-,24-,25-,28+/m1/s1. The highest BCUT2D eigenvalue weighted by molar-refractivity contribution is 5.81. The lowest BCUT2D eigenvalue weighted by Crippen LogP contribution is -2.62. The molecule has 15 heteroatoms. The largest absolute Gasteiger partial charge is 0.465 e. The number of ether oxygens (including phenoxy) is 7. The van der Waals surface area contributed by atoms with Gasteiger partial charge in [0.05, 0.1) is 19.8 Å². The normalized spacial score (nSPS) is 21.3. The molecule has 1 aliphatic heterocycles. The predicted molar refractivity (Wildman–Crippen MR) is 144 cm³/mol. The first-order chi connectivity index (χ1) is 20.3. The Labute approximate surface area is 247 Å². The summed E-state index contributed by atoms with van der Waals surface area (Å²) >= 11 is 0. The number of rotatable bonds is 14. The van der Waals surface area contributed by atoms with Crippen LogP contribution in [0.3, 0.4) is 0 Å². The molecule has 1 aromatic carbocycles. The van der Waals surface area contributed by atoms with E-state index in [-0.39, 0.29) is 6.61 Å². The van der Waals surface area contributed by atoms with E-state index in [0.717, 1.165) is 34.0 Å². The van der Waals surface area contributed by atoms with Crippen LogP contribution in [0.5, 0.6) is 0 Å². The van der Waals surface area contributed by atoms with Gasteiger partial charge in [-0.2, -0.15) is 0 Å². The van der Waals surface area contributed by atoms with E-state index in [1.165, 1.54) is 13.0 Å². The van der Waals surface area contributed by atoms with Crippen molar-refractivity contribution in [3.8, 4) is 0 Å². The number of hydrogen-bond donors (Lipinski definition) is 2. The Kier molecular flexibility index (Phi) is 13.2. The Morgan fingerprint density at radius 1 is 0.930 bits per heavy atom. The summed E-state index contributed by atoms with van der Waals surface area (Å²) in [6.07, 6.45) is -2.10. The summed E-state index contributed by atoms with van der Waals surface area (Å²) in [6, 6.07) is 6.36. The van der Waals surface area contributed by atoms with Gasteiger partial charge >= 0.3 is 29.8 Å².